The third kappa shape index (κ3) is 4.32. The van der Waals surface area contributed by atoms with Gasteiger partial charge in [0, 0.05) is 18.8 Å². The summed E-state index contributed by atoms with van der Waals surface area (Å²) in [6.45, 7) is 4.42. The summed E-state index contributed by atoms with van der Waals surface area (Å²) in [5.74, 6) is -0.502. The third-order valence-electron chi connectivity index (χ3n) is 3.96. The molecule has 0 saturated carbocycles. The molecule has 0 unspecified atom stereocenters. The van der Waals surface area contributed by atoms with Crippen molar-refractivity contribution < 1.29 is 9.59 Å². The predicted octanol–water partition coefficient (Wildman–Crippen LogP) is 2.88. The van der Waals surface area contributed by atoms with Gasteiger partial charge in [-0.3, -0.25) is 14.4 Å². The Hall–Kier alpha value is -2.95. The Kier molecular flexibility index (Phi) is 6.06. The Bertz CT molecular complexity index is 879. The molecule has 0 aliphatic rings. The summed E-state index contributed by atoms with van der Waals surface area (Å²) in [7, 11) is 1.45. The molecule has 0 radical (unpaired) electrons. The molecular formula is C20H22N2O3. The highest BCUT2D eigenvalue weighted by atomic mass is 16.2. The van der Waals surface area contributed by atoms with E-state index in [2.05, 4.69) is 18.3 Å². The number of carbonyl (C=O) groups is 2. The number of aldehydes is 1. The zero-order valence-corrected chi connectivity index (χ0v) is 14.7. The largest absolute Gasteiger partial charge is 0.355 e. The van der Waals surface area contributed by atoms with Crippen molar-refractivity contribution in [3.05, 3.63) is 75.2 Å². The topological polar surface area (TPSA) is 68.2 Å². The van der Waals surface area contributed by atoms with Crippen molar-refractivity contribution in [1.82, 2.24) is 9.88 Å². The number of pyridine rings is 1. The molecule has 0 saturated heterocycles. The zero-order valence-electron chi connectivity index (χ0n) is 14.7. The number of hydrogen-bond donors (Lipinski definition) is 1. The molecule has 1 aromatic heterocycles. The van der Waals surface area contributed by atoms with Crippen LogP contribution in [-0.4, -0.2) is 23.8 Å². The maximum Gasteiger partial charge on any atom is 0.263 e. The lowest BCUT2D eigenvalue weighted by Crippen LogP contribution is -2.31. The van der Waals surface area contributed by atoms with Crippen LogP contribution in [0.15, 0.2) is 47.4 Å². The van der Waals surface area contributed by atoms with E-state index in [-0.39, 0.29) is 17.7 Å². The fourth-order valence-corrected chi connectivity index (χ4v) is 2.67. The number of hydrogen-bond acceptors (Lipinski definition) is 3. The zero-order chi connectivity index (χ0) is 18.4. The first kappa shape index (κ1) is 18.4. The van der Waals surface area contributed by atoms with Gasteiger partial charge in [-0.1, -0.05) is 31.2 Å². The van der Waals surface area contributed by atoms with E-state index in [9.17, 15) is 14.4 Å². The summed E-state index contributed by atoms with van der Waals surface area (Å²) in [5, 5.41) is 2.43. The summed E-state index contributed by atoms with van der Waals surface area (Å²) < 4.78 is 1.40. The third-order valence-corrected chi connectivity index (χ3v) is 3.96. The number of carbonyl (C=O) groups excluding carboxylic acids is 2. The number of nitrogens with one attached hydrogen (secondary N) is 1. The van der Waals surface area contributed by atoms with Gasteiger partial charge < -0.3 is 9.88 Å². The second-order valence-electron chi connectivity index (χ2n) is 5.81. The van der Waals surface area contributed by atoms with Crippen LogP contribution in [0.3, 0.4) is 0 Å². The van der Waals surface area contributed by atoms with Crippen LogP contribution in [-0.2, 0) is 6.54 Å². The molecule has 5 heteroatoms. The minimum Gasteiger partial charge on any atom is -0.355 e. The van der Waals surface area contributed by atoms with Crippen LogP contribution >= 0.6 is 0 Å². The smallest absolute Gasteiger partial charge is 0.263 e. The molecular weight excluding hydrogens is 316 g/mol. The van der Waals surface area contributed by atoms with Crippen LogP contribution < -0.4 is 10.9 Å². The first-order valence-electron chi connectivity index (χ1n) is 8.18. The number of benzene rings is 1. The fraction of sp³-hybridized carbons (Fsp3) is 0.250. The highest BCUT2D eigenvalue weighted by Crippen LogP contribution is 2.16. The van der Waals surface area contributed by atoms with Crippen LogP contribution in [0.1, 0.15) is 52.1 Å². The van der Waals surface area contributed by atoms with Gasteiger partial charge >= 0.3 is 0 Å². The van der Waals surface area contributed by atoms with Gasteiger partial charge in [0.05, 0.1) is 6.54 Å². The van der Waals surface area contributed by atoms with Crippen LogP contribution in [0, 0.1) is 0 Å². The van der Waals surface area contributed by atoms with E-state index in [1.165, 1.54) is 29.5 Å². The Morgan fingerprint density at radius 3 is 2.68 bits per heavy atom. The summed E-state index contributed by atoms with van der Waals surface area (Å²) in [6.07, 6.45) is 5.20. The molecule has 1 N–H and O–H groups in total. The van der Waals surface area contributed by atoms with Crippen molar-refractivity contribution in [2.24, 2.45) is 0 Å². The van der Waals surface area contributed by atoms with Crippen molar-refractivity contribution in [2.45, 2.75) is 26.8 Å². The average molecular weight is 338 g/mol. The van der Waals surface area contributed by atoms with Crippen molar-refractivity contribution in [3.63, 3.8) is 0 Å². The van der Waals surface area contributed by atoms with Gasteiger partial charge in [0.15, 0.2) is 6.29 Å². The Morgan fingerprint density at radius 2 is 2.04 bits per heavy atom. The lowest BCUT2D eigenvalue weighted by atomic mass is 10.0. The maximum absolute atomic E-state index is 12.5. The number of rotatable bonds is 6. The van der Waals surface area contributed by atoms with E-state index in [0.29, 0.717) is 6.29 Å². The SMILES string of the molecule is CC/C=C(/C)c1cccc(Cn2cc(C=O)cc(C(=O)NC)c2=O)c1. The quantitative estimate of drug-likeness (QED) is 0.824. The molecule has 0 aliphatic carbocycles. The minimum atomic E-state index is -0.502. The summed E-state index contributed by atoms with van der Waals surface area (Å²) in [4.78, 5) is 35.6. The maximum atomic E-state index is 12.5. The van der Waals surface area contributed by atoms with Crippen LogP contribution in [0.5, 0.6) is 0 Å². The first-order valence-corrected chi connectivity index (χ1v) is 8.18. The van der Waals surface area contributed by atoms with E-state index in [1.54, 1.807) is 0 Å². The van der Waals surface area contributed by atoms with E-state index in [0.717, 1.165) is 17.5 Å². The molecule has 0 atom stereocenters. The highest BCUT2D eigenvalue weighted by molar-refractivity contribution is 5.95. The lowest BCUT2D eigenvalue weighted by Gasteiger charge is -2.11. The molecule has 0 spiro atoms. The van der Waals surface area contributed by atoms with Crippen molar-refractivity contribution in [3.8, 4) is 0 Å². The van der Waals surface area contributed by atoms with Gasteiger partial charge in [-0.05, 0) is 42.2 Å². The number of nitrogens with zero attached hydrogens (tertiary/aromatic N) is 1. The van der Waals surface area contributed by atoms with E-state index < -0.39 is 11.5 Å². The molecule has 0 aliphatic heterocycles. The standard InChI is InChI=1S/C20H22N2O3/c1-4-6-14(2)17-8-5-7-15(9-17)11-22-12-16(13-23)10-18(20(22)25)19(24)21-3/h5-10,12-13H,4,11H2,1-3H3,(H,21,24)/b14-6-. The second-order valence-corrected chi connectivity index (χ2v) is 5.81. The molecule has 1 heterocycles. The molecule has 130 valence electrons. The van der Waals surface area contributed by atoms with Gasteiger partial charge in [-0.2, -0.15) is 0 Å². The summed E-state index contributed by atoms with van der Waals surface area (Å²) >= 11 is 0. The molecule has 1 amide bonds. The molecule has 25 heavy (non-hydrogen) atoms. The van der Waals surface area contributed by atoms with E-state index in [1.807, 2.05) is 31.2 Å². The highest BCUT2D eigenvalue weighted by Gasteiger charge is 2.13. The van der Waals surface area contributed by atoms with Crippen molar-refractivity contribution in [2.75, 3.05) is 7.05 Å². The fourth-order valence-electron chi connectivity index (χ4n) is 2.67. The molecule has 5 nitrogen and oxygen atoms in total. The van der Waals surface area contributed by atoms with Crippen molar-refractivity contribution in [1.29, 1.82) is 0 Å². The number of amides is 1. The van der Waals surface area contributed by atoms with Gasteiger partial charge in [-0.15, -0.1) is 0 Å². The van der Waals surface area contributed by atoms with Crippen LogP contribution in [0.25, 0.3) is 5.57 Å². The van der Waals surface area contributed by atoms with Gasteiger partial charge in [-0.25, -0.2) is 0 Å². The Morgan fingerprint density at radius 1 is 1.28 bits per heavy atom. The molecule has 1 aromatic carbocycles. The summed E-state index contributed by atoms with van der Waals surface area (Å²) in [6, 6.07) is 9.20. The first-order chi connectivity index (χ1) is 12.0. The average Bonchev–Trinajstić information content (AvgIpc) is 2.63. The minimum absolute atomic E-state index is 0.0367. The molecule has 2 rings (SSSR count). The van der Waals surface area contributed by atoms with Gasteiger partial charge in [0.1, 0.15) is 5.56 Å². The Labute approximate surface area is 147 Å². The van der Waals surface area contributed by atoms with Crippen LogP contribution in [0.2, 0.25) is 0 Å². The van der Waals surface area contributed by atoms with E-state index >= 15 is 0 Å². The molecule has 0 bridgehead atoms. The number of aromatic nitrogens is 1. The normalized spacial score (nSPS) is 11.2. The van der Waals surface area contributed by atoms with Gasteiger partial charge in [0.2, 0.25) is 0 Å². The van der Waals surface area contributed by atoms with Crippen molar-refractivity contribution >= 4 is 17.8 Å². The van der Waals surface area contributed by atoms with E-state index in [4.69, 9.17) is 0 Å². The van der Waals surface area contributed by atoms with Gasteiger partial charge in [0.25, 0.3) is 11.5 Å². The molecule has 2 aromatic rings. The molecule has 0 fully saturated rings. The predicted molar refractivity (Wildman–Crippen MR) is 99.0 cm³/mol. The summed E-state index contributed by atoms with van der Waals surface area (Å²) in [5.41, 5.74) is 3.02. The second kappa shape index (κ2) is 8.24. The number of allylic oxidation sites excluding steroid dienone is 2. The monoisotopic (exact) mass is 338 g/mol. The van der Waals surface area contributed by atoms with Crippen LogP contribution in [0.4, 0.5) is 0 Å². The Balaban J connectivity index is 2.45. The lowest BCUT2D eigenvalue weighted by molar-refractivity contribution is 0.0961.